The van der Waals surface area contributed by atoms with E-state index in [2.05, 4.69) is 6.92 Å². The molecule has 0 fully saturated rings. The molecule has 0 amide bonds. The second-order valence-corrected chi connectivity index (χ2v) is 3.11. The van der Waals surface area contributed by atoms with Crippen molar-refractivity contribution < 1.29 is 4.74 Å². The topological polar surface area (TPSA) is 9.23 Å². The molecule has 88 valence electrons. The quantitative estimate of drug-likeness (QED) is 0.519. The Bertz CT molecular complexity index is 331. The van der Waals surface area contributed by atoms with Crippen molar-refractivity contribution in [2.24, 2.45) is 0 Å². The molecule has 1 nitrogen and oxygen atoms in total. The first-order valence-corrected chi connectivity index (χ1v) is 5.79. The van der Waals surface area contributed by atoms with Gasteiger partial charge >= 0.3 is 0 Å². The van der Waals surface area contributed by atoms with Crippen LogP contribution in [0.25, 0.3) is 0 Å². The van der Waals surface area contributed by atoms with Gasteiger partial charge in [0.25, 0.3) is 0 Å². The van der Waals surface area contributed by atoms with Gasteiger partial charge in [0.2, 0.25) is 0 Å². The van der Waals surface area contributed by atoms with Gasteiger partial charge in [0.15, 0.2) is 0 Å². The first-order valence-electron chi connectivity index (χ1n) is 5.79. The lowest BCUT2D eigenvalue weighted by molar-refractivity contribution is 0.443. The number of hydrogen-bond acceptors (Lipinski definition) is 1. The molecule has 0 unspecified atom stereocenters. The Morgan fingerprint density at radius 3 is 2.06 bits per heavy atom. The predicted octanol–water partition coefficient (Wildman–Crippen LogP) is 4.88. The summed E-state index contributed by atoms with van der Waals surface area (Å²) in [6, 6.07) is 8.03. The van der Waals surface area contributed by atoms with Crippen LogP contribution in [0.15, 0.2) is 48.3 Å². The highest BCUT2D eigenvalue weighted by molar-refractivity contribution is 5.29. The summed E-state index contributed by atoms with van der Waals surface area (Å²) in [4.78, 5) is 0. The molecule has 0 aromatic heterocycles. The molecule has 1 aromatic rings. The van der Waals surface area contributed by atoms with E-state index in [1.807, 2.05) is 70.2 Å². The maximum atomic E-state index is 5.63. The van der Waals surface area contributed by atoms with E-state index in [1.165, 1.54) is 5.56 Å². The highest BCUT2D eigenvalue weighted by atomic mass is 16.5. The van der Waals surface area contributed by atoms with Crippen LogP contribution in [0.1, 0.15) is 33.3 Å². The number of hydrogen-bond donors (Lipinski definition) is 0. The number of ether oxygens (including phenoxy) is 1. The van der Waals surface area contributed by atoms with Gasteiger partial charge in [-0.25, -0.2) is 0 Å². The molecule has 0 heterocycles. The lowest BCUT2D eigenvalue weighted by Crippen LogP contribution is -1.91. The van der Waals surface area contributed by atoms with Gasteiger partial charge < -0.3 is 4.74 Å². The average molecular weight is 218 g/mol. The van der Waals surface area contributed by atoms with Gasteiger partial charge in [-0.3, -0.25) is 0 Å². The van der Waals surface area contributed by atoms with Crippen LogP contribution < -0.4 is 4.74 Å². The molecule has 0 saturated heterocycles. The van der Waals surface area contributed by atoms with E-state index in [0.717, 1.165) is 11.5 Å². The molecular formula is C15H22O. The van der Waals surface area contributed by atoms with Crippen LogP contribution >= 0.6 is 0 Å². The molecule has 0 atom stereocenters. The van der Waals surface area contributed by atoms with E-state index in [1.54, 1.807) is 0 Å². The fourth-order valence-electron chi connectivity index (χ4n) is 1.10. The van der Waals surface area contributed by atoms with E-state index < -0.39 is 0 Å². The summed E-state index contributed by atoms with van der Waals surface area (Å²) in [5.41, 5.74) is 1.24. The summed E-state index contributed by atoms with van der Waals surface area (Å²) in [7, 11) is 0. The van der Waals surface area contributed by atoms with Crippen molar-refractivity contribution in [3.05, 3.63) is 53.8 Å². The molecule has 0 N–H and O–H groups in total. The minimum atomic E-state index is 0.872. The molecule has 1 heteroatoms. The Labute approximate surface area is 99.5 Å². The summed E-state index contributed by atoms with van der Waals surface area (Å²) < 4.78 is 5.63. The highest BCUT2D eigenvalue weighted by Crippen LogP contribution is 2.15. The van der Waals surface area contributed by atoms with Gasteiger partial charge in [-0.1, -0.05) is 37.6 Å². The van der Waals surface area contributed by atoms with Crippen LogP contribution in [-0.2, 0) is 0 Å². The molecule has 0 aliphatic rings. The maximum absolute atomic E-state index is 5.63. The van der Waals surface area contributed by atoms with Crippen molar-refractivity contribution in [3.8, 4) is 5.75 Å². The average Bonchev–Trinajstić information content (AvgIpc) is 2.34. The first-order chi connectivity index (χ1) is 7.76. The Morgan fingerprint density at radius 1 is 1.06 bits per heavy atom. The summed E-state index contributed by atoms with van der Waals surface area (Å²) in [6.07, 6.45) is 5.85. The fourth-order valence-corrected chi connectivity index (χ4v) is 1.10. The van der Waals surface area contributed by atoms with E-state index in [0.29, 0.717) is 0 Å². The Morgan fingerprint density at radius 2 is 1.62 bits per heavy atom. The van der Waals surface area contributed by atoms with Gasteiger partial charge in [0, 0.05) is 0 Å². The summed E-state index contributed by atoms with van der Waals surface area (Å²) in [5, 5.41) is 0. The van der Waals surface area contributed by atoms with Crippen molar-refractivity contribution in [2.75, 3.05) is 0 Å². The first kappa shape index (κ1) is 14.5. The molecule has 0 saturated carbocycles. The van der Waals surface area contributed by atoms with Crippen LogP contribution in [0.3, 0.4) is 0 Å². The number of rotatable bonds is 3. The van der Waals surface area contributed by atoms with Gasteiger partial charge in [0.05, 0.1) is 0 Å². The zero-order chi connectivity index (χ0) is 12.4. The third-order valence-corrected chi connectivity index (χ3v) is 1.87. The standard InChI is InChI=1S/C13H16O.C2H6/c1-4-6-12(5-2)14-13-9-7-11(3)8-10-13;1-2/h4-10H,1-3H3;1-2H3/b6-4-,12-5+;. The van der Waals surface area contributed by atoms with Gasteiger partial charge in [0.1, 0.15) is 11.5 Å². The molecule has 0 aliphatic heterocycles. The number of benzene rings is 1. The molecular weight excluding hydrogens is 196 g/mol. The van der Waals surface area contributed by atoms with Crippen LogP contribution in [0.2, 0.25) is 0 Å². The van der Waals surface area contributed by atoms with Gasteiger partial charge in [-0.15, -0.1) is 0 Å². The SMILES string of the molecule is C/C=C\C(=C/C)Oc1ccc(C)cc1.CC. The normalized spacial score (nSPS) is 10.9. The molecule has 0 radical (unpaired) electrons. The summed E-state index contributed by atoms with van der Waals surface area (Å²) in [6.45, 7) is 10.00. The predicted molar refractivity (Wildman–Crippen MR) is 71.7 cm³/mol. The van der Waals surface area contributed by atoms with Crippen molar-refractivity contribution >= 4 is 0 Å². The highest BCUT2D eigenvalue weighted by Gasteiger charge is 1.94. The second-order valence-electron chi connectivity index (χ2n) is 3.11. The maximum Gasteiger partial charge on any atom is 0.127 e. The number of aryl methyl sites for hydroxylation is 1. The number of allylic oxidation sites excluding steroid dienone is 3. The van der Waals surface area contributed by atoms with Gasteiger partial charge in [-0.05, 0) is 45.1 Å². The Kier molecular flexibility index (Phi) is 7.96. The van der Waals surface area contributed by atoms with E-state index in [4.69, 9.17) is 4.74 Å². The molecule has 0 bridgehead atoms. The van der Waals surface area contributed by atoms with Crippen LogP contribution in [0.5, 0.6) is 5.75 Å². The van der Waals surface area contributed by atoms with Crippen molar-refractivity contribution in [2.45, 2.75) is 34.6 Å². The van der Waals surface area contributed by atoms with Crippen LogP contribution in [0, 0.1) is 6.92 Å². The molecule has 0 aliphatic carbocycles. The second kappa shape index (κ2) is 8.78. The molecule has 16 heavy (non-hydrogen) atoms. The zero-order valence-corrected chi connectivity index (χ0v) is 10.9. The minimum Gasteiger partial charge on any atom is -0.458 e. The van der Waals surface area contributed by atoms with E-state index >= 15 is 0 Å². The van der Waals surface area contributed by atoms with Gasteiger partial charge in [-0.2, -0.15) is 0 Å². The smallest absolute Gasteiger partial charge is 0.127 e. The van der Waals surface area contributed by atoms with Crippen molar-refractivity contribution in [1.82, 2.24) is 0 Å². The minimum absolute atomic E-state index is 0.872. The third-order valence-electron chi connectivity index (χ3n) is 1.87. The zero-order valence-electron chi connectivity index (χ0n) is 10.9. The molecule has 0 spiro atoms. The van der Waals surface area contributed by atoms with E-state index in [-0.39, 0.29) is 0 Å². The lowest BCUT2D eigenvalue weighted by atomic mass is 10.2. The fraction of sp³-hybridized carbons (Fsp3) is 0.333. The monoisotopic (exact) mass is 218 g/mol. The molecule has 1 rings (SSSR count). The van der Waals surface area contributed by atoms with Crippen molar-refractivity contribution in [3.63, 3.8) is 0 Å². The molecule has 1 aromatic carbocycles. The Hall–Kier alpha value is -1.50. The summed E-state index contributed by atoms with van der Waals surface area (Å²) >= 11 is 0. The summed E-state index contributed by atoms with van der Waals surface area (Å²) in [5.74, 6) is 1.75. The Balaban J connectivity index is 0.00000106. The van der Waals surface area contributed by atoms with E-state index in [9.17, 15) is 0 Å². The van der Waals surface area contributed by atoms with Crippen LogP contribution in [-0.4, -0.2) is 0 Å². The van der Waals surface area contributed by atoms with Crippen molar-refractivity contribution in [1.29, 1.82) is 0 Å². The third kappa shape index (κ3) is 5.40. The largest absolute Gasteiger partial charge is 0.458 e. The van der Waals surface area contributed by atoms with Crippen LogP contribution in [0.4, 0.5) is 0 Å². The lowest BCUT2D eigenvalue weighted by Gasteiger charge is -2.05.